The summed E-state index contributed by atoms with van der Waals surface area (Å²) in [6.07, 6.45) is 2.08. The molecule has 0 radical (unpaired) electrons. The summed E-state index contributed by atoms with van der Waals surface area (Å²) in [5.41, 5.74) is 0. The van der Waals surface area contributed by atoms with E-state index in [1.807, 2.05) is 0 Å². The molecule has 0 aromatic heterocycles. The second-order valence-corrected chi connectivity index (χ2v) is 3.41. The van der Waals surface area contributed by atoms with E-state index in [1.165, 1.54) is 13.1 Å². The van der Waals surface area contributed by atoms with E-state index in [9.17, 15) is 0 Å². The summed E-state index contributed by atoms with van der Waals surface area (Å²) in [6.45, 7) is 4.88. The van der Waals surface area contributed by atoms with E-state index < -0.39 is 0 Å². The van der Waals surface area contributed by atoms with Gasteiger partial charge in [0.25, 0.3) is 0 Å². The molecule has 0 unspecified atom stereocenters. The third kappa shape index (κ3) is 7.78. The van der Waals surface area contributed by atoms with Crippen LogP contribution in [0.3, 0.4) is 0 Å². The Labute approximate surface area is 69.5 Å². The molecule has 0 aromatic carbocycles. The lowest BCUT2D eigenvalue weighted by molar-refractivity contribution is -0.888. The maximum absolute atomic E-state index is 8.53. The van der Waals surface area contributed by atoms with Crippen molar-refractivity contribution in [2.75, 3.05) is 33.8 Å². The normalized spacial score (nSPS) is 10.9. The molecule has 0 amide bonds. The van der Waals surface area contributed by atoms with Crippen molar-refractivity contribution < 1.29 is 15.1 Å². The molecule has 11 heavy (non-hydrogen) atoms. The standard InChI is InChI=1S/C8H20NO.H2O/c1-4-9(2,3)7-5-6-8-10;/h10H,4-8H2,1-3H3;1H2/q+1;/p-1. The van der Waals surface area contributed by atoms with Gasteiger partial charge in [-0.25, -0.2) is 0 Å². The van der Waals surface area contributed by atoms with Gasteiger partial charge in [-0.05, 0) is 19.8 Å². The molecule has 2 N–H and O–H groups in total. The minimum absolute atomic E-state index is 0. The van der Waals surface area contributed by atoms with E-state index in [4.69, 9.17) is 5.11 Å². The number of rotatable bonds is 5. The van der Waals surface area contributed by atoms with E-state index in [1.54, 1.807) is 0 Å². The molecule has 0 aliphatic rings. The van der Waals surface area contributed by atoms with Crippen molar-refractivity contribution in [2.24, 2.45) is 0 Å². The molecule has 0 fully saturated rings. The van der Waals surface area contributed by atoms with Gasteiger partial charge in [-0.1, -0.05) is 0 Å². The van der Waals surface area contributed by atoms with Crippen LogP contribution in [0.1, 0.15) is 19.8 Å². The van der Waals surface area contributed by atoms with Gasteiger partial charge in [0.15, 0.2) is 0 Å². The van der Waals surface area contributed by atoms with Crippen molar-refractivity contribution in [1.29, 1.82) is 0 Å². The zero-order valence-corrected chi connectivity index (χ0v) is 7.88. The van der Waals surface area contributed by atoms with Gasteiger partial charge in [0, 0.05) is 6.61 Å². The summed E-state index contributed by atoms with van der Waals surface area (Å²) in [4.78, 5) is 0. The zero-order valence-electron chi connectivity index (χ0n) is 7.88. The predicted octanol–water partition coefficient (Wildman–Crippen LogP) is 0.678. The van der Waals surface area contributed by atoms with Crippen LogP contribution in [0.15, 0.2) is 0 Å². The predicted molar refractivity (Wildman–Crippen MR) is 45.8 cm³/mol. The van der Waals surface area contributed by atoms with Crippen molar-refractivity contribution in [2.45, 2.75) is 19.8 Å². The van der Waals surface area contributed by atoms with Crippen LogP contribution in [0.5, 0.6) is 0 Å². The van der Waals surface area contributed by atoms with Crippen LogP contribution >= 0.6 is 0 Å². The zero-order chi connectivity index (χ0) is 8.04. The largest absolute Gasteiger partial charge is 0.870 e. The molecule has 0 saturated carbocycles. The highest BCUT2D eigenvalue weighted by molar-refractivity contribution is 4.36. The average molecular weight is 163 g/mol. The molecule has 0 saturated heterocycles. The number of aliphatic hydroxyl groups is 1. The van der Waals surface area contributed by atoms with Crippen LogP contribution in [-0.2, 0) is 0 Å². The molecule has 0 heterocycles. The van der Waals surface area contributed by atoms with Gasteiger partial charge in [-0.2, -0.15) is 0 Å². The third-order valence-corrected chi connectivity index (χ3v) is 2.03. The SMILES string of the molecule is CC[N+](C)(C)CCCCO.[OH-]. The summed E-state index contributed by atoms with van der Waals surface area (Å²) in [7, 11) is 4.44. The lowest BCUT2D eigenvalue weighted by atomic mass is 10.3. The molecular weight excluding hydrogens is 142 g/mol. The summed E-state index contributed by atoms with van der Waals surface area (Å²) in [5, 5.41) is 8.53. The van der Waals surface area contributed by atoms with Crippen LogP contribution in [0.25, 0.3) is 0 Å². The number of quaternary nitrogens is 1. The Hall–Kier alpha value is -0.120. The van der Waals surface area contributed by atoms with Crippen molar-refractivity contribution in [3.8, 4) is 0 Å². The Bertz CT molecular complexity index is 84.2. The molecule has 3 nitrogen and oxygen atoms in total. The quantitative estimate of drug-likeness (QED) is 0.478. The highest BCUT2D eigenvalue weighted by Gasteiger charge is 2.09. The van der Waals surface area contributed by atoms with E-state index in [2.05, 4.69) is 21.0 Å². The molecule has 0 aromatic rings. The Morgan fingerprint density at radius 2 is 1.73 bits per heavy atom. The Morgan fingerprint density at radius 1 is 1.18 bits per heavy atom. The summed E-state index contributed by atoms with van der Waals surface area (Å²) in [5.74, 6) is 0. The van der Waals surface area contributed by atoms with E-state index in [-0.39, 0.29) is 5.48 Å². The Balaban J connectivity index is 0. The number of unbranched alkanes of at least 4 members (excludes halogenated alkanes) is 1. The lowest BCUT2D eigenvalue weighted by Gasteiger charge is -2.27. The fourth-order valence-corrected chi connectivity index (χ4v) is 0.810. The highest BCUT2D eigenvalue weighted by atomic mass is 16.2. The van der Waals surface area contributed by atoms with Crippen LogP contribution in [-0.4, -0.2) is 48.9 Å². The van der Waals surface area contributed by atoms with Crippen molar-refractivity contribution in [3.63, 3.8) is 0 Å². The van der Waals surface area contributed by atoms with Crippen LogP contribution < -0.4 is 0 Å². The monoisotopic (exact) mass is 163 g/mol. The third-order valence-electron chi connectivity index (χ3n) is 2.03. The van der Waals surface area contributed by atoms with Crippen LogP contribution in [0.2, 0.25) is 0 Å². The van der Waals surface area contributed by atoms with Crippen LogP contribution in [0.4, 0.5) is 0 Å². The highest BCUT2D eigenvalue weighted by Crippen LogP contribution is 1.99. The topological polar surface area (TPSA) is 50.2 Å². The summed E-state index contributed by atoms with van der Waals surface area (Å²) in [6, 6.07) is 0. The average Bonchev–Trinajstić information content (AvgIpc) is 1.89. The molecule has 70 valence electrons. The van der Waals surface area contributed by atoms with Gasteiger partial charge in [0.2, 0.25) is 0 Å². The van der Waals surface area contributed by atoms with Crippen molar-refractivity contribution in [3.05, 3.63) is 0 Å². The van der Waals surface area contributed by atoms with Gasteiger partial charge >= 0.3 is 0 Å². The van der Waals surface area contributed by atoms with Crippen molar-refractivity contribution in [1.82, 2.24) is 0 Å². The summed E-state index contributed by atoms with van der Waals surface area (Å²) < 4.78 is 1.07. The smallest absolute Gasteiger partial charge is 0.0783 e. The molecule has 0 rings (SSSR count). The molecule has 3 heteroatoms. The number of nitrogens with zero attached hydrogens (tertiary/aromatic N) is 1. The lowest BCUT2D eigenvalue weighted by Crippen LogP contribution is -2.39. The second kappa shape index (κ2) is 6.58. The first-order valence-corrected chi connectivity index (χ1v) is 4.05. The van der Waals surface area contributed by atoms with Crippen molar-refractivity contribution >= 4 is 0 Å². The van der Waals surface area contributed by atoms with Gasteiger partial charge < -0.3 is 15.1 Å². The maximum Gasteiger partial charge on any atom is 0.0783 e. The number of hydrogen-bond acceptors (Lipinski definition) is 2. The molecule has 0 bridgehead atoms. The fourth-order valence-electron chi connectivity index (χ4n) is 0.810. The number of hydrogen-bond donors (Lipinski definition) is 1. The first-order valence-electron chi connectivity index (χ1n) is 4.05. The minimum atomic E-state index is 0. The molecule has 0 atom stereocenters. The second-order valence-electron chi connectivity index (χ2n) is 3.41. The van der Waals surface area contributed by atoms with Gasteiger partial charge in [0.05, 0.1) is 27.2 Å². The fraction of sp³-hybridized carbons (Fsp3) is 1.00. The van der Waals surface area contributed by atoms with Gasteiger partial charge in [0.1, 0.15) is 0 Å². The molecule has 0 spiro atoms. The van der Waals surface area contributed by atoms with E-state index in [0.717, 1.165) is 17.3 Å². The Morgan fingerprint density at radius 3 is 2.09 bits per heavy atom. The first kappa shape index (κ1) is 13.5. The Kier molecular flexibility index (Phi) is 8.06. The van der Waals surface area contributed by atoms with Gasteiger partial charge in [-0.15, -0.1) is 0 Å². The van der Waals surface area contributed by atoms with Gasteiger partial charge in [-0.3, -0.25) is 0 Å². The minimum Gasteiger partial charge on any atom is -0.870 e. The maximum atomic E-state index is 8.53. The summed E-state index contributed by atoms with van der Waals surface area (Å²) >= 11 is 0. The van der Waals surface area contributed by atoms with E-state index >= 15 is 0 Å². The van der Waals surface area contributed by atoms with Crippen LogP contribution in [0, 0.1) is 0 Å². The molecular formula is C8H21NO2. The van der Waals surface area contributed by atoms with E-state index in [0.29, 0.717) is 6.61 Å². The first-order chi connectivity index (χ1) is 4.62. The molecule has 0 aliphatic heterocycles. The molecule has 0 aliphatic carbocycles. The number of aliphatic hydroxyl groups excluding tert-OH is 1.